The molecule has 0 saturated heterocycles. The summed E-state index contributed by atoms with van der Waals surface area (Å²) >= 11 is 3.67. The van der Waals surface area contributed by atoms with Gasteiger partial charge in [-0.3, -0.25) is 0 Å². The predicted molar refractivity (Wildman–Crippen MR) is 145 cm³/mol. The van der Waals surface area contributed by atoms with Crippen molar-refractivity contribution in [3.05, 3.63) is 0 Å². The van der Waals surface area contributed by atoms with Gasteiger partial charge in [0, 0.05) is 19.5 Å². The van der Waals surface area contributed by atoms with Gasteiger partial charge < -0.3 is 18.9 Å². The average molecular weight is 558 g/mol. The number of ether oxygens (including phenoxy) is 4. The first-order valence-electron chi connectivity index (χ1n) is 14.6. The molecule has 204 valence electrons. The molecule has 35 heavy (non-hydrogen) atoms. The van der Waals surface area contributed by atoms with E-state index in [0.717, 1.165) is 35.4 Å². The molecule has 0 N–H and O–H groups in total. The Morgan fingerprint density at radius 2 is 1.57 bits per heavy atom. The Morgan fingerprint density at radius 1 is 0.886 bits per heavy atom. The summed E-state index contributed by atoms with van der Waals surface area (Å²) in [5.41, 5.74) is 0.855. The smallest absolute Gasteiger partial charge is 0.146 e. The lowest BCUT2D eigenvalue weighted by atomic mass is 9.41. The number of hydrogen-bond donors (Lipinski definition) is 0. The van der Waals surface area contributed by atoms with E-state index in [0.29, 0.717) is 54.4 Å². The van der Waals surface area contributed by atoms with Crippen molar-refractivity contribution >= 4 is 15.9 Å². The zero-order valence-electron chi connectivity index (χ0n) is 23.4. The van der Waals surface area contributed by atoms with Gasteiger partial charge in [0.25, 0.3) is 0 Å². The van der Waals surface area contributed by atoms with Gasteiger partial charge >= 0.3 is 0 Å². The van der Waals surface area contributed by atoms with Crippen LogP contribution in [-0.4, -0.2) is 45.3 Å². The Morgan fingerprint density at radius 3 is 2.26 bits per heavy atom. The van der Waals surface area contributed by atoms with Crippen molar-refractivity contribution in [1.29, 1.82) is 0 Å². The number of rotatable bonds is 11. The number of halogens is 1. The van der Waals surface area contributed by atoms with E-state index in [1.807, 2.05) is 0 Å². The van der Waals surface area contributed by atoms with Gasteiger partial charge in [-0.25, -0.2) is 0 Å². The van der Waals surface area contributed by atoms with Crippen LogP contribution in [-0.2, 0) is 18.9 Å². The Balaban J connectivity index is 1.64. The van der Waals surface area contributed by atoms with Gasteiger partial charge in [0.1, 0.15) is 13.6 Å². The molecule has 0 aromatic heterocycles. The van der Waals surface area contributed by atoms with E-state index in [4.69, 9.17) is 18.9 Å². The summed E-state index contributed by atoms with van der Waals surface area (Å²) in [6, 6.07) is 0. The Hall–Kier alpha value is 0.320. The molecule has 4 rings (SSSR count). The molecule has 4 aliphatic carbocycles. The fraction of sp³-hybridized carbons (Fsp3) is 1.00. The third-order valence-electron chi connectivity index (χ3n) is 11.7. The molecule has 0 aromatic carbocycles. The number of hydrogen-bond acceptors (Lipinski definition) is 4. The molecule has 4 fully saturated rings. The number of fused-ring (bicyclic) bond motifs is 5. The van der Waals surface area contributed by atoms with Crippen LogP contribution in [0.3, 0.4) is 0 Å². The zero-order chi connectivity index (χ0) is 25.2. The van der Waals surface area contributed by atoms with Gasteiger partial charge in [-0.1, -0.05) is 50.0 Å². The molecule has 0 radical (unpaired) electrons. The van der Waals surface area contributed by atoms with E-state index in [2.05, 4.69) is 43.6 Å². The first-order chi connectivity index (χ1) is 16.9. The molecule has 0 amide bonds. The molecule has 11 atom stereocenters. The summed E-state index contributed by atoms with van der Waals surface area (Å²) in [4.78, 5) is 0. The van der Waals surface area contributed by atoms with Crippen LogP contribution in [0.4, 0.5) is 0 Å². The topological polar surface area (TPSA) is 36.9 Å². The van der Waals surface area contributed by atoms with Gasteiger partial charge in [-0.15, -0.1) is 0 Å². The van der Waals surface area contributed by atoms with Crippen LogP contribution in [0, 0.1) is 52.3 Å². The maximum absolute atomic E-state index is 6.74. The molecule has 0 aliphatic heterocycles. The monoisotopic (exact) mass is 556 g/mol. The summed E-state index contributed by atoms with van der Waals surface area (Å²) in [6.45, 7) is 11.1. The van der Waals surface area contributed by atoms with Gasteiger partial charge in [-0.05, 0) is 110 Å². The fourth-order valence-corrected chi connectivity index (χ4v) is 10.5. The minimum atomic E-state index is 0.311. The Kier molecular flexibility index (Phi) is 9.72. The lowest BCUT2D eigenvalue weighted by molar-refractivity contribution is -0.239. The molecule has 0 bridgehead atoms. The summed E-state index contributed by atoms with van der Waals surface area (Å²) < 4.78 is 23.7. The van der Waals surface area contributed by atoms with E-state index in [1.54, 1.807) is 14.2 Å². The van der Waals surface area contributed by atoms with Gasteiger partial charge in [0.15, 0.2) is 0 Å². The molecule has 4 saturated carbocycles. The molecular formula is C30H53BrO4. The predicted octanol–water partition coefficient (Wildman–Crippen LogP) is 7.68. The van der Waals surface area contributed by atoms with Crippen LogP contribution in [0.2, 0.25) is 0 Å². The SMILES string of the molecule is CC[C@@H]1C2C[C@H](OCOC)CC[C@]2(C)C2CC[C@@]3(C)C(CCC3[C@H](C)CCCBr)C2[C@@H]1OCOC. The first-order valence-corrected chi connectivity index (χ1v) is 15.7. The third-order valence-corrected chi connectivity index (χ3v) is 12.3. The average Bonchev–Trinajstić information content (AvgIpc) is 3.21. The van der Waals surface area contributed by atoms with E-state index in [-0.39, 0.29) is 0 Å². The van der Waals surface area contributed by atoms with Crippen molar-refractivity contribution < 1.29 is 18.9 Å². The summed E-state index contributed by atoms with van der Waals surface area (Å²) in [6.07, 6.45) is 13.7. The largest absolute Gasteiger partial charge is 0.359 e. The molecule has 0 heterocycles. The van der Waals surface area contributed by atoms with Crippen LogP contribution in [0.5, 0.6) is 0 Å². The van der Waals surface area contributed by atoms with Gasteiger partial charge in [-0.2, -0.15) is 0 Å². The minimum Gasteiger partial charge on any atom is -0.359 e. The first kappa shape index (κ1) is 28.3. The highest BCUT2D eigenvalue weighted by Gasteiger charge is 2.65. The number of alkyl halides is 1. The quantitative estimate of drug-likeness (QED) is 0.193. The van der Waals surface area contributed by atoms with Crippen LogP contribution in [0.1, 0.15) is 91.9 Å². The van der Waals surface area contributed by atoms with Crippen LogP contribution in [0.25, 0.3) is 0 Å². The van der Waals surface area contributed by atoms with Crippen molar-refractivity contribution in [2.45, 2.75) is 104 Å². The van der Waals surface area contributed by atoms with Crippen LogP contribution in [0.15, 0.2) is 0 Å². The summed E-state index contributed by atoms with van der Waals surface area (Å²) in [5.74, 6) is 5.13. The lowest BCUT2D eigenvalue weighted by Crippen LogP contribution is -2.63. The van der Waals surface area contributed by atoms with Crippen molar-refractivity contribution in [3.8, 4) is 0 Å². The van der Waals surface area contributed by atoms with Crippen molar-refractivity contribution in [1.82, 2.24) is 0 Å². The van der Waals surface area contributed by atoms with Gasteiger partial charge in [0.2, 0.25) is 0 Å². The fourth-order valence-electron chi connectivity index (χ4n) is 10.2. The van der Waals surface area contributed by atoms with Crippen molar-refractivity contribution in [2.75, 3.05) is 33.1 Å². The third kappa shape index (κ3) is 5.16. The Labute approximate surface area is 224 Å². The molecule has 0 spiro atoms. The van der Waals surface area contributed by atoms with E-state index in [1.165, 1.54) is 57.8 Å². The van der Waals surface area contributed by atoms with Crippen molar-refractivity contribution in [2.24, 2.45) is 52.3 Å². The maximum atomic E-state index is 6.74. The van der Waals surface area contributed by atoms with Gasteiger partial charge in [0.05, 0.1) is 12.2 Å². The molecule has 4 nitrogen and oxygen atoms in total. The summed E-state index contributed by atoms with van der Waals surface area (Å²) in [5, 5.41) is 1.13. The van der Waals surface area contributed by atoms with Crippen molar-refractivity contribution in [3.63, 3.8) is 0 Å². The summed E-state index contributed by atoms with van der Waals surface area (Å²) in [7, 11) is 3.51. The molecule has 4 aliphatic rings. The molecular weight excluding hydrogens is 504 g/mol. The Bertz CT molecular complexity index is 675. The standard InChI is InChI=1S/C30H53BrO4/c1-7-22-26-17-21(34-18-32-5)12-14-30(26,4)25-13-15-29(3)23(20(2)9-8-16-31)10-11-24(29)27(25)28(22)35-19-33-6/h20-28H,7-19H2,1-6H3/t20-,21-,22-,23?,24?,25?,26?,27?,28-,29-,30-/m1/s1. The minimum absolute atomic E-state index is 0.311. The van der Waals surface area contributed by atoms with Crippen LogP contribution < -0.4 is 0 Å². The molecule has 5 unspecified atom stereocenters. The number of methoxy groups -OCH3 is 2. The molecule has 0 aromatic rings. The highest BCUT2D eigenvalue weighted by atomic mass is 79.9. The lowest BCUT2D eigenvalue weighted by Gasteiger charge is -2.65. The van der Waals surface area contributed by atoms with E-state index >= 15 is 0 Å². The normalized spacial score (nSPS) is 46.0. The molecule has 5 heteroatoms. The van der Waals surface area contributed by atoms with Crippen LogP contribution >= 0.6 is 15.9 Å². The zero-order valence-corrected chi connectivity index (χ0v) is 25.0. The second-order valence-electron chi connectivity index (χ2n) is 13.0. The highest BCUT2D eigenvalue weighted by molar-refractivity contribution is 9.09. The highest BCUT2D eigenvalue weighted by Crippen LogP contribution is 2.70. The second kappa shape index (κ2) is 12.0. The second-order valence-corrected chi connectivity index (χ2v) is 13.8. The maximum Gasteiger partial charge on any atom is 0.146 e. The van der Waals surface area contributed by atoms with E-state index in [9.17, 15) is 0 Å². The van der Waals surface area contributed by atoms with E-state index < -0.39 is 0 Å².